The zero-order valence-electron chi connectivity index (χ0n) is 8.37. The molecular weight excluding hydrogens is 197 g/mol. The van der Waals surface area contributed by atoms with Gasteiger partial charge in [-0.05, 0) is 24.1 Å². The summed E-state index contributed by atoms with van der Waals surface area (Å²) in [5.74, 6) is -0.390. The lowest BCUT2D eigenvalue weighted by Gasteiger charge is -2.04. The molecule has 1 rings (SSSR count). The van der Waals surface area contributed by atoms with Gasteiger partial charge in [0.05, 0.1) is 0 Å². The van der Waals surface area contributed by atoms with Crippen LogP contribution in [-0.2, 0) is 11.3 Å². The molecule has 1 aromatic rings. The van der Waals surface area contributed by atoms with Crippen LogP contribution < -0.4 is 5.32 Å². The number of carbonyl (C=O) groups is 1. The maximum absolute atomic E-state index is 12.5. The lowest BCUT2D eigenvalue weighted by Crippen LogP contribution is -2.22. The maximum Gasteiger partial charge on any atom is 0.220 e. The number of nitrogens with one attached hydrogen (secondary N) is 1. The molecule has 0 spiro atoms. The van der Waals surface area contributed by atoms with Gasteiger partial charge in [-0.25, -0.2) is 4.39 Å². The summed E-state index contributed by atoms with van der Waals surface area (Å²) in [6.07, 6.45) is 0.785. The lowest BCUT2D eigenvalue weighted by atomic mass is 10.2. The Morgan fingerprint density at radius 2 is 2.00 bits per heavy atom. The molecule has 0 heterocycles. The smallest absolute Gasteiger partial charge is 0.220 e. The van der Waals surface area contributed by atoms with Crippen molar-refractivity contribution in [3.05, 3.63) is 35.6 Å². The topological polar surface area (TPSA) is 49.3 Å². The van der Waals surface area contributed by atoms with Gasteiger partial charge in [0.2, 0.25) is 5.91 Å². The second-order valence-corrected chi connectivity index (χ2v) is 3.23. The molecule has 0 saturated heterocycles. The van der Waals surface area contributed by atoms with Crippen molar-refractivity contribution in [1.82, 2.24) is 5.32 Å². The first-order chi connectivity index (χ1) is 7.22. The van der Waals surface area contributed by atoms with Crippen molar-refractivity contribution < 1.29 is 14.3 Å². The minimum Gasteiger partial charge on any atom is -0.396 e. The molecule has 4 heteroatoms. The molecule has 15 heavy (non-hydrogen) atoms. The van der Waals surface area contributed by atoms with Gasteiger partial charge in [0, 0.05) is 19.6 Å². The third kappa shape index (κ3) is 4.56. The molecule has 2 N–H and O–H groups in total. The van der Waals surface area contributed by atoms with E-state index < -0.39 is 0 Å². The monoisotopic (exact) mass is 211 g/mol. The second kappa shape index (κ2) is 6.14. The molecule has 0 radical (unpaired) electrons. The van der Waals surface area contributed by atoms with E-state index in [2.05, 4.69) is 5.32 Å². The molecule has 0 aliphatic carbocycles. The number of benzene rings is 1. The normalized spacial score (nSPS) is 10.0. The summed E-state index contributed by atoms with van der Waals surface area (Å²) in [5, 5.41) is 11.2. The number of aliphatic hydroxyl groups excluding tert-OH is 1. The quantitative estimate of drug-likeness (QED) is 0.769. The highest BCUT2D eigenvalue weighted by molar-refractivity contribution is 5.75. The van der Waals surface area contributed by atoms with E-state index in [0.29, 0.717) is 19.4 Å². The summed E-state index contributed by atoms with van der Waals surface area (Å²) in [6, 6.07) is 5.97. The maximum atomic E-state index is 12.5. The van der Waals surface area contributed by atoms with Gasteiger partial charge in [0.15, 0.2) is 0 Å². The molecule has 0 bridgehead atoms. The Morgan fingerprint density at radius 1 is 1.33 bits per heavy atom. The van der Waals surface area contributed by atoms with Crippen LogP contribution in [-0.4, -0.2) is 17.6 Å². The van der Waals surface area contributed by atoms with Crippen LogP contribution in [0.15, 0.2) is 24.3 Å². The van der Waals surface area contributed by atoms with Gasteiger partial charge in [0.25, 0.3) is 0 Å². The van der Waals surface area contributed by atoms with Gasteiger partial charge >= 0.3 is 0 Å². The summed E-state index contributed by atoms with van der Waals surface area (Å²) < 4.78 is 12.5. The Labute approximate surface area is 87.9 Å². The molecule has 0 aliphatic heterocycles. The molecule has 0 aliphatic rings. The van der Waals surface area contributed by atoms with Crippen molar-refractivity contribution in [3.8, 4) is 0 Å². The number of aliphatic hydroxyl groups is 1. The van der Waals surface area contributed by atoms with Crippen LogP contribution in [0.2, 0.25) is 0 Å². The SMILES string of the molecule is O=C(CCCO)NCc1ccc(F)cc1. The van der Waals surface area contributed by atoms with Gasteiger partial charge in [-0.15, -0.1) is 0 Å². The fourth-order valence-electron chi connectivity index (χ4n) is 1.13. The van der Waals surface area contributed by atoms with E-state index in [4.69, 9.17) is 5.11 Å². The van der Waals surface area contributed by atoms with Gasteiger partial charge in [-0.3, -0.25) is 4.79 Å². The number of halogens is 1. The van der Waals surface area contributed by atoms with Crippen LogP contribution in [0.4, 0.5) is 4.39 Å². The number of rotatable bonds is 5. The first kappa shape index (κ1) is 11.7. The van der Waals surface area contributed by atoms with Crippen LogP contribution >= 0.6 is 0 Å². The molecule has 0 unspecified atom stereocenters. The van der Waals surface area contributed by atoms with E-state index in [0.717, 1.165) is 5.56 Å². The van der Waals surface area contributed by atoms with Crippen LogP contribution in [0.1, 0.15) is 18.4 Å². The second-order valence-electron chi connectivity index (χ2n) is 3.23. The zero-order valence-corrected chi connectivity index (χ0v) is 8.37. The molecule has 1 amide bonds. The van der Waals surface area contributed by atoms with Crippen molar-refractivity contribution in [3.63, 3.8) is 0 Å². The standard InChI is InChI=1S/C11H14FNO2/c12-10-5-3-9(4-6-10)8-13-11(15)2-1-7-14/h3-6,14H,1-2,7-8H2,(H,13,15). The summed E-state index contributed by atoms with van der Waals surface area (Å²) in [7, 11) is 0. The third-order valence-electron chi connectivity index (χ3n) is 1.96. The third-order valence-corrected chi connectivity index (χ3v) is 1.96. The minimum absolute atomic E-state index is 0.0178. The largest absolute Gasteiger partial charge is 0.396 e. The fraction of sp³-hybridized carbons (Fsp3) is 0.364. The Hall–Kier alpha value is -1.42. The Bertz CT molecular complexity index is 311. The van der Waals surface area contributed by atoms with E-state index in [1.54, 1.807) is 12.1 Å². The molecular formula is C11H14FNO2. The molecule has 1 aromatic carbocycles. The highest BCUT2D eigenvalue weighted by Crippen LogP contribution is 2.02. The van der Waals surface area contributed by atoms with Crippen LogP contribution in [0.5, 0.6) is 0 Å². The average molecular weight is 211 g/mol. The lowest BCUT2D eigenvalue weighted by molar-refractivity contribution is -0.121. The van der Waals surface area contributed by atoms with Crippen LogP contribution in [0.25, 0.3) is 0 Å². The zero-order chi connectivity index (χ0) is 11.1. The van der Waals surface area contributed by atoms with E-state index in [-0.39, 0.29) is 18.3 Å². The van der Waals surface area contributed by atoms with Crippen molar-refractivity contribution in [2.45, 2.75) is 19.4 Å². The Kier molecular flexibility index (Phi) is 4.77. The predicted octanol–water partition coefficient (Wildman–Crippen LogP) is 1.21. The summed E-state index contributed by atoms with van der Waals surface area (Å²) in [5.41, 5.74) is 0.855. The first-order valence-electron chi connectivity index (χ1n) is 4.84. The highest BCUT2D eigenvalue weighted by Gasteiger charge is 2.00. The van der Waals surface area contributed by atoms with Crippen molar-refractivity contribution in [1.29, 1.82) is 0 Å². The van der Waals surface area contributed by atoms with Crippen molar-refractivity contribution in [2.75, 3.05) is 6.61 Å². The molecule has 0 atom stereocenters. The number of amides is 1. The molecule has 3 nitrogen and oxygen atoms in total. The van der Waals surface area contributed by atoms with E-state index in [1.165, 1.54) is 12.1 Å². The van der Waals surface area contributed by atoms with E-state index >= 15 is 0 Å². The molecule has 0 fully saturated rings. The van der Waals surface area contributed by atoms with Crippen molar-refractivity contribution in [2.24, 2.45) is 0 Å². The van der Waals surface area contributed by atoms with Gasteiger partial charge in [0.1, 0.15) is 5.82 Å². The Morgan fingerprint density at radius 3 is 2.60 bits per heavy atom. The summed E-state index contributed by atoms with van der Waals surface area (Å²) in [4.78, 5) is 11.1. The van der Waals surface area contributed by atoms with Gasteiger partial charge < -0.3 is 10.4 Å². The van der Waals surface area contributed by atoms with E-state index in [9.17, 15) is 9.18 Å². The van der Waals surface area contributed by atoms with E-state index in [1.807, 2.05) is 0 Å². The number of hydrogen-bond donors (Lipinski definition) is 2. The summed E-state index contributed by atoms with van der Waals surface area (Å²) in [6.45, 7) is 0.411. The Balaban J connectivity index is 2.30. The highest BCUT2D eigenvalue weighted by atomic mass is 19.1. The molecule has 0 saturated carbocycles. The predicted molar refractivity (Wildman–Crippen MR) is 54.6 cm³/mol. The van der Waals surface area contributed by atoms with Gasteiger partial charge in [-0.1, -0.05) is 12.1 Å². The molecule has 82 valence electrons. The average Bonchev–Trinajstić information content (AvgIpc) is 2.25. The molecule has 0 aromatic heterocycles. The number of hydrogen-bond acceptors (Lipinski definition) is 2. The van der Waals surface area contributed by atoms with Crippen LogP contribution in [0, 0.1) is 5.82 Å². The fourth-order valence-corrected chi connectivity index (χ4v) is 1.13. The van der Waals surface area contributed by atoms with Crippen molar-refractivity contribution >= 4 is 5.91 Å². The first-order valence-corrected chi connectivity index (χ1v) is 4.84. The number of carbonyl (C=O) groups excluding carboxylic acids is 1. The summed E-state index contributed by atoms with van der Waals surface area (Å²) >= 11 is 0. The van der Waals surface area contributed by atoms with Crippen LogP contribution in [0.3, 0.4) is 0 Å². The van der Waals surface area contributed by atoms with Gasteiger partial charge in [-0.2, -0.15) is 0 Å². The minimum atomic E-state index is -0.287.